The number of piperazine rings is 1. The summed E-state index contributed by atoms with van der Waals surface area (Å²) in [5, 5.41) is 2.16. The van der Waals surface area contributed by atoms with Gasteiger partial charge in [0.05, 0.1) is 24.0 Å². The summed E-state index contributed by atoms with van der Waals surface area (Å²) in [7, 11) is 0. The second kappa shape index (κ2) is 6.47. The van der Waals surface area contributed by atoms with Crippen LogP contribution in [0.4, 0.5) is 4.79 Å². The van der Waals surface area contributed by atoms with Gasteiger partial charge in [-0.25, -0.2) is 14.5 Å². The molecule has 9 nitrogen and oxygen atoms in total. The number of nitrogens with one attached hydrogen (secondary N) is 1. The molecule has 0 radical (unpaired) electrons. The number of aromatic nitrogens is 3. The summed E-state index contributed by atoms with van der Waals surface area (Å²) in [6.07, 6.45) is 1.14. The Labute approximate surface area is 150 Å². The minimum atomic E-state index is -0.546. The smallest absolute Gasteiger partial charge is 0.410 e. The molecule has 2 aromatic rings. The summed E-state index contributed by atoms with van der Waals surface area (Å²) < 4.78 is 6.79. The van der Waals surface area contributed by atoms with Crippen LogP contribution in [-0.2, 0) is 4.74 Å². The first-order valence-electron chi connectivity index (χ1n) is 8.50. The SMILES string of the molecule is Cc1nc2cc(=O)n(N3CCN(C(=O)OC(C)(C)C)CC3)cc2c(=O)[nH]1. The summed E-state index contributed by atoms with van der Waals surface area (Å²) in [5.74, 6) is 0.464. The van der Waals surface area contributed by atoms with Crippen molar-refractivity contribution in [2.24, 2.45) is 0 Å². The first kappa shape index (κ1) is 18.0. The fourth-order valence-corrected chi connectivity index (χ4v) is 2.86. The highest BCUT2D eigenvalue weighted by atomic mass is 16.6. The van der Waals surface area contributed by atoms with Gasteiger partial charge in [0.1, 0.15) is 11.4 Å². The van der Waals surface area contributed by atoms with Gasteiger partial charge in [0, 0.05) is 25.4 Å². The minimum Gasteiger partial charge on any atom is -0.444 e. The number of carbonyl (C=O) groups is 1. The lowest BCUT2D eigenvalue weighted by Crippen LogP contribution is -2.55. The molecule has 3 rings (SSSR count). The molecule has 0 aliphatic carbocycles. The highest BCUT2D eigenvalue weighted by molar-refractivity contribution is 5.76. The van der Waals surface area contributed by atoms with E-state index in [-0.39, 0.29) is 17.2 Å². The van der Waals surface area contributed by atoms with Gasteiger partial charge in [-0.3, -0.25) is 9.59 Å². The highest BCUT2D eigenvalue weighted by Gasteiger charge is 2.26. The largest absolute Gasteiger partial charge is 0.444 e. The quantitative estimate of drug-likeness (QED) is 0.798. The van der Waals surface area contributed by atoms with Crippen LogP contribution in [0.15, 0.2) is 21.9 Å². The number of nitrogens with zero attached hydrogens (tertiary/aromatic N) is 4. The Bertz CT molecular complexity index is 948. The summed E-state index contributed by atoms with van der Waals surface area (Å²) in [6.45, 7) is 8.92. The summed E-state index contributed by atoms with van der Waals surface area (Å²) in [5.41, 5.74) is -0.718. The second-order valence-corrected chi connectivity index (χ2v) is 7.33. The number of aromatic amines is 1. The van der Waals surface area contributed by atoms with Gasteiger partial charge in [-0.1, -0.05) is 0 Å². The molecule has 0 saturated carbocycles. The van der Waals surface area contributed by atoms with Crippen LogP contribution < -0.4 is 16.1 Å². The van der Waals surface area contributed by atoms with Crippen molar-refractivity contribution in [2.45, 2.75) is 33.3 Å². The molecular formula is C17H23N5O4. The Morgan fingerprint density at radius 3 is 2.46 bits per heavy atom. The zero-order valence-electron chi connectivity index (χ0n) is 15.4. The van der Waals surface area contributed by atoms with Crippen molar-refractivity contribution in [3.05, 3.63) is 38.8 Å². The van der Waals surface area contributed by atoms with E-state index < -0.39 is 5.60 Å². The summed E-state index contributed by atoms with van der Waals surface area (Å²) in [6, 6.07) is 1.36. The van der Waals surface area contributed by atoms with Crippen LogP contribution in [0, 0.1) is 6.92 Å². The molecule has 1 aliphatic heterocycles. The van der Waals surface area contributed by atoms with Crippen molar-refractivity contribution in [3.8, 4) is 0 Å². The van der Waals surface area contributed by atoms with E-state index in [0.29, 0.717) is 42.9 Å². The number of hydrogen-bond donors (Lipinski definition) is 1. The lowest BCUT2D eigenvalue weighted by atomic mass is 10.2. The molecule has 140 valence electrons. The molecule has 0 bridgehead atoms. The van der Waals surface area contributed by atoms with Crippen molar-refractivity contribution < 1.29 is 9.53 Å². The van der Waals surface area contributed by atoms with Crippen molar-refractivity contribution in [1.82, 2.24) is 19.5 Å². The summed E-state index contributed by atoms with van der Waals surface area (Å²) >= 11 is 0. The first-order valence-corrected chi connectivity index (χ1v) is 8.50. The van der Waals surface area contributed by atoms with Gasteiger partial charge in [0.15, 0.2) is 0 Å². The fraction of sp³-hybridized carbons (Fsp3) is 0.529. The van der Waals surface area contributed by atoms with Crippen LogP contribution in [0.2, 0.25) is 0 Å². The molecule has 1 saturated heterocycles. The molecule has 0 aromatic carbocycles. The predicted molar refractivity (Wildman–Crippen MR) is 97.1 cm³/mol. The van der Waals surface area contributed by atoms with Gasteiger partial charge in [-0.2, -0.15) is 0 Å². The van der Waals surface area contributed by atoms with Crippen molar-refractivity contribution in [1.29, 1.82) is 0 Å². The second-order valence-electron chi connectivity index (χ2n) is 7.33. The molecule has 1 amide bonds. The Morgan fingerprint density at radius 1 is 1.19 bits per heavy atom. The van der Waals surface area contributed by atoms with Gasteiger partial charge in [0.2, 0.25) is 0 Å². The molecule has 9 heteroatoms. The Morgan fingerprint density at radius 2 is 1.85 bits per heavy atom. The standard InChI is InChI=1S/C17H23N5O4/c1-11-18-13-9-14(23)22(10-12(13)15(24)19-11)21-7-5-20(6-8-21)16(25)26-17(2,3)4/h9-10H,5-8H2,1-4H3,(H,18,19,24). The third kappa shape index (κ3) is 3.71. The number of pyridine rings is 1. The average molecular weight is 361 g/mol. The molecule has 1 fully saturated rings. The van der Waals surface area contributed by atoms with E-state index >= 15 is 0 Å². The Hall–Kier alpha value is -2.84. The van der Waals surface area contributed by atoms with Crippen molar-refractivity contribution >= 4 is 17.0 Å². The molecule has 0 atom stereocenters. The van der Waals surface area contributed by atoms with Gasteiger partial charge in [-0.05, 0) is 27.7 Å². The molecule has 2 aromatic heterocycles. The van der Waals surface area contributed by atoms with Crippen LogP contribution in [0.25, 0.3) is 10.9 Å². The number of fused-ring (bicyclic) bond motifs is 1. The maximum absolute atomic E-state index is 12.4. The number of carbonyl (C=O) groups excluding carboxylic acids is 1. The van der Waals surface area contributed by atoms with E-state index in [1.165, 1.54) is 16.9 Å². The van der Waals surface area contributed by atoms with Gasteiger partial charge >= 0.3 is 6.09 Å². The summed E-state index contributed by atoms with van der Waals surface area (Å²) in [4.78, 5) is 45.1. The minimum absolute atomic E-state index is 0.263. The predicted octanol–water partition coefficient (Wildman–Crippen LogP) is 0.582. The van der Waals surface area contributed by atoms with Crippen LogP contribution >= 0.6 is 0 Å². The molecule has 1 N–H and O–H groups in total. The van der Waals surface area contributed by atoms with Crippen molar-refractivity contribution in [3.63, 3.8) is 0 Å². The number of H-pyrrole nitrogens is 1. The van der Waals surface area contributed by atoms with E-state index in [9.17, 15) is 14.4 Å². The van der Waals surface area contributed by atoms with Crippen LogP contribution in [0.3, 0.4) is 0 Å². The molecule has 3 heterocycles. The maximum atomic E-state index is 12.4. The van der Waals surface area contributed by atoms with E-state index in [0.717, 1.165) is 0 Å². The number of aryl methyl sites for hydroxylation is 1. The van der Waals surface area contributed by atoms with Crippen LogP contribution in [0.5, 0.6) is 0 Å². The number of rotatable bonds is 1. The van der Waals surface area contributed by atoms with E-state index in [4.69, 9.17) is 4.74 Å². The van der Waals surface area contributed by atoms with Gasteiger partial charge in [-0.15, -0.1) is 0 Å². The van der Waals surface area contributed by atoms with E-state index in [1.54, 1.807) is 11.8 Å². The molecule has 26 heavy (non-hydrogen) atoms. The fourth-order valence-electron chi connectivity index (χ4n) is 2.86. The highest BCUT2D eigenvalue weighted by Crippen LogP contribution is 2.12. The molecule has 0 spiro atoms. The number of hydrogen-bond acceptors (Lipinski definition) is 6. The normalized spacial score (nSPS) is 15.4. The van der Waals surface area contributed by atoms with Crippen LogP contribution in [0.1, 0.15) is 26.6 Å². The molecule has 1 aliphatic rings. The van der Waals surface area contributed by atoms with Gasteiger partial charge < -0.3 is 19.6 Å². The van der Waals surface area contributed by atoms with E-state index in [2.05, 4.69) is 9.97 Å². The van der Waals surface area contributed by atoms with Gasteiger partial charge in [0.25, 0.3) is 11.1 Å². The first-order chi connectivity index (χ1) is 12.1. The lowest BCUT2D eigenvalue weighted by Gasteiger charge is -2.37. The number of amides is 1. The number of ether oxygens (including phenoxy) is 1. The van der Waals surface area contributed by atoms with Crippen LogP contribution in [-0.4, -0.2) is 57.4 Å². The Balaban J connectivity index is 1.79. The third-order valence-corrected chi connectivity index (χ3v) is 4.05. The molecule has 0 unspecified atom stereocenters. The third-order valence-electron chi connectivity index (χ3n) is 4.05. The van der Waals surface area contributed by atoms with Crippen molar-refractivity contribution in [2.75, 3.05) is 31.2 Å². The molecular weight excluding hydrogens is 338 g/mol. The topological polar surface area (TPSA) is 101 Å². The maximum Gasteiger partial charge on any atom is 0.410 e. The Kier molecular flexibility index (Phi) is 4.47. The zero-order valence-corrected chi connectivity index (χ0v) is 15.4. The monoisotopic (exact) mass is 361 g/mol. The zero-order chi connectivity index (χ0) is 19.1. The lowest BCUT2D eigenvalue weighted by molar-refractivity contribution is 0.0232. The van der Waals surface area contributed by atoms with E-state index in [1.807, 2.05) is 25.8 Å². The average Bonchev–Trinajstić information content (AvgIpc) is 2.52.